The number of aliphatic hydroxyl groups is 1. The minimum atomic E-state index is -3.41. The largest absolute Gasteiger partial charge is 0.508 e. The van der Waals surface area contributed by atoms with Crippen LogP contribution in [0.2, 0.25) is 0 Å². The number of hydrogen-bond acceptors (Lipinski definition) is 7. The molecule has 0 amide bonds. The van der Waals surface area contributed by atoms with Crippen LogP contribution in [-0.4, -0.2) is 47.7 Å². The van der Waals surface area contributed by atoms with E-state index in [1.165, 1.54) is 0 Å². The number of aromatic hydroxyl groups is 1. The average Bonchev–Trinajstić information content (AvgIpc) is 2.81. The number of benzene rings is 2. The Morgan fingerprint density at radius 2 is 1.78 bits per heavy atom. The van der Waals surface area contributed by atoms with E-state index in [-0.39, 0.29) is 18.7 Å². The molecule has 7 nitrogen and oxygen atoms in total. The molecule has 176 valence electrons. The molecule has 0 spiro atoms. The van der Waals surface area contributed by atoms with Gasteiger partial charge in [0, 0.05) is 0 Å². The zero-order valence-corrected chi connectivity index (χ0v) is 19.5. The number of phenolic OH excluding ortho intramolecular Hbond substituents is 1. The number of aliphatic hydroxyl groups excluding tert-OH is 1. The van der Waals surface area contributed by atoms with Gasteiger partial charge in [-0.05, 0) is 69.1 Å². The molecule has 3 rings (SSSR count). The lowest BCUT2D eigenvalue weighted by molar-refractivity contribution is 0.0554. The first-order valence-corrected chi connectivity index (χ1v) is 13.1. The second kappa shape index (κ2) is 11.7. The second-order valence-corrected chi connectivity index (χ2v) is 10.6. The van der Waals surface area contributed by atoms with Gasteiger partial charge in [-0.25, -0.2) is 0 Å². The number of nitrogens with one attached hydrogen (secondary N) is 1. The van der Waals surface area contributed by atoms with Gasteiger partial charge >= 0.3 is 0 Å². The van der Waals surface area contributed by atoms with E-state index in [4.69, 9.17) is 14.0 Å². The maximum Gasteiger partial charge on any atom is 0.261 e. The highest BCUT2D eigenvalue weighted by Crippen LogP contribution is 2.62. The lowest BCUT2D eigenvalue weighted by Crippen LogP contribution is -2.57. The van der Waals surface area contributed by atoms with Crippen molar-refractivity contribution >= 4 is 7.37 Å². The third-order valence-electron chi connectivity index (χ3n) is 5.78. The fourth-order valence-corrected chi connectivity index (χ4v) is 6.83. The van der Waals surface area contributed by atoms with E-state index in [2.05, 4.69) is 5.32 Å². The standard InChI is InChI=1S/C24H34NO6P/c1-2-31-32(28,19-30-21-9-4-3-5-10-21)24(16-7-6-11-23(24)27)25-17-8-18-29-22-14-12-20(26)13-15-22/h3-5,9-10,12-15,23,25-27H,2,6-8,11,16-19H2,1H3. The van der Waals surface area contributed by atoms with Gasteiger partial charge in [0.05, 0.1) is 19.3 Å². The van der Waals surface area contributed by atoms with Crippen LogP contribution in [0.3, 0.4) is 0 Å². The van der Waals surface area contributed by atoms with Gasteiger partial charge in [0.2, 0.25) is 0 Å². The van der Waals surface area contributed by atoms with E-state index in [0.29, 0.717) is 43.9 Å². The molecule has 0 bridgehead atoms. The summed E-state index contributed by atoms with van der Waals surface area (Å²) in [6.07, 6.45) is 2.64. The molecule has 0 radical (unpaired) electrons. The summed E-state index contributed by atoms with van der Waals surface area (Å²) >= 11 is 0. The Bertz CT molecular complexity index is 863. The highest BCUT2D eigenvalue weighted by atomic mass is 31.2. The zero-order chi connectivity index (χ0) is 22.9. The van der Waals surface area contributed by atoms with Gasteiger partial charge in [-0.3, -0.25) is 4.57 Å². The van der Waals surface area contributed by atoms with Crippen LogP contribution in [0.25, 0.3) is 0 Å². The summed E-state index contributed by atoms with van der Waals surface area (Å²) in [4.78, 5) is 0. The summed E-state index contributed by atoms with van der Waals surface area (Å²) in [5.41, 5.74) is 0. The Morgan fingerprint density at radius 1 is 1.06 bits per heavy atom. The molecule has 3 N–H and O–H groups in total. The molecule has 0 saturated heterocycles. The fourth-order valence-electron chi connectivity index (χ4n) is 4.12. The van der Waals surface area contributed by atoms with E-state index in [0.717, 1.165) is 12.8 Å². The van der Waals surface area contributed by atoms with Gasteiger partial charge in [0.1, 0.15) is 22.5 Å². The molecule has 1 aliphatic carbocycles. The van der Waals surface area contributed by atoms with Crippen molar-refractivity contribution in [3.8, 4) is 17.2 Å². The van der Waals surface area contributed by atoms with Crippen molar-refractivity contribution in [2.45, 2.75) is 50.4 Å². The minimum absolute atomic E-state index is 0.0983. The fraction of sp³-hybridized carbons (Fsp3) is 0.500. The van der Waals surface area contributed by atoms with Gasteiger partial charge in [-0.2, -0.15) is 0 Å². The zero-order valence-electron chi connectivity index (χ0n) is 18.6. The van der Waals surface area contributed by atoms with Crippen molar-refractivity contribution in [1.29, 1.82) is 0 Å². The third kappa shape index (κ3) is 6.04. The summed E-state index contributed by atoms with van der Waals surface area (Å²) in [5.74, 6) is 1.48. The summed E-state index contributed by atoms with van der Waals surface area (Å²) < 4.78 is 31.6. The van der Waals surface area contributed by atoms with Crippen molar-refractivity contribution in [2.24, 2.45) is 0 Å². The van der Waals surface area contributed by atoms with Crippen LogP contribution in [0.15, 0.2) is 54.6 Å². The summed E-state index contributed by atoms with van der Waals surface area (Å²) in [7, 11) is -3.41. The quantitative estimate of drug-likeness (QED) is 0.309. The molecule has 3 atom stereocenters. The third-order valence-corrected chi connectivity index (χ3v) is 8.82. The van der Waals surface area contributed by atoms with Crippen molar-refractivity contribution in [3.63, 3.8) is 0 Å². The predicted octanol–water partition coefficient (Wildman–Crippen LogP) is 4.73. The number of rotatable bonds is 12. The lowest BCUT2D eigenvalue weighted by Gasteiger charge is -2.46. The van der Waals surface area contributed by atoms with E-state index in [1.54, 1.807) is 24.3 Å². The molecule has 1 fully saturated rings. The highest BCUT2D eigenvalue weighted by Gasteiger charge is 2.55. The molecule has 0 heterocycles. The maximum absolute atomic E-state index is 14.2. The Balaban J connectivity index is 1.66. The number of hydrogen-bond donors (Lipinski definition) is 3. The molecule has 3 unspecified atom stereocenters. The van der Waals surface area contributed by atoms with Gasteiger partial charge in [0.15, 0.2) is 6.35 Å². The van der Waals surface area contributed by atoms with Gasteiger partial charge in [-0.15, -0.1) is 0 Å². The van der Waals surface area contributed by atoms with Crippen molar-refractivity contribution in [3.05, 3.63) is 54.6 Å². The van der Waals surface area contributed by atoms with Crippen LogP contribution in [0, 0.1) is 0 Å². The number of para-hydroxylation sites is 1. The summed E-state index contributed by atoms with van der Waals surface area (Å²) in [6.45, 7) is 3.04. The normalized spacial score (nSPS) is 22.8. The van der Waals surface area contributed by atoms with Gasteiger partial charge in [0.25, 0.3) is 7.37 Å². The van der Waals surface area contributed by atoms with E-state index >= 15 is 0 Å². The Kier molecular flexibility index (Phi) is 9.00. The summed E-state index contributed by atoms with van der Waals surface area (Å²) in [5, 5.41) is 22.7. The van der Waals surface area contributed by atoms with Crippen molar-refractivity contribution in [1.82, 2.24) is 5.32 Å². The smallest absolute Gasteiger partial charge is 0.261 e. The minimum Gasteiger partial charge on any atom is -0.508 e. The SMILES string of the molecule is CCOP(=O)(COc1ccccc1)C1(NCCCOc2ccc(O)cc2)CCCCC1O. The Labute approximate surface area is 190 Å². The van der Waals surface area contributed by atoms with Crippen LogP contribution in [0.4, 0.5) is 0 Å². The first kappa shape index (κ1) is 24.6. The first-order chi connectivity index (χ1) is 15.5. The molecule has 1 aliphatic rings. The predicted molar refractivity (Wildman–Crippen MR) is 125 cm³/mol. The van der Waals surface area contributed by atoms with Crippen LogP contribution < -0.4 is 14.8 Å². The second-order valence-electron chi connectivity index (χ2n) is 7.99. The molecule has 0 aromatic heterocycles. The number of phenols is 1. The molecule has 8 heteroatoms. The van der Waals surface area contributed by atoms with E-state index in [1.807, 2.05) is 37.3 Å². The molecular weight excluding hydrogens is 429 g/mol. The van der Waals surface area contributed by atoms with E-state index in [9.17, 15) is 14.8 Å². The molecule has 2 aromatic carbocycles. The highest BCUT2D eigenvalue weighted by molar-refractivity contribution is 7.60. The Hall–Kier alpha value is -2.05. The molecule has 2 aromatic rings. The number of ether oxygens (including phenoxy) is 2. The Morgan fingerprint density at radius 3 is 2.47 bits per heavy atom. The van der Waals surface area contributed by atoms with Crippen LogP contribution in [-0.2, 0) is 9.09 Å². The van der Waals surface area contributed by atoms with Gasteiger partial charge < -0.3 is 29.5 Å². The molecule has 32 heavy (non-hydrogen) atoms. The van der Waals surface area contributed by atoms with Crippen LogP contribution >= 0.6 is 7.37 Å². The molecule has 1 saturated carbocycles. The lowest BCUT2D eigenvalue weighted by atomic mass is 9.91. The van der Waals surface area contributed by atoms with Crippen LogP contribution in [0.1, 0.15) is 39.0 Å². The first-order valence-electron chi connectivity index (χ1n) is 11.3. The average molecular weight is 464 g/mol. The maximum atomic E-state index is 14.2. The molecule has 0 aliphatic heterocycles. The van der Waals surface area contributed by atoms with Gasteiger partial charge in [-0.1, -0.05) is 31.0 Å². The monoisotopic (exact) mass is 463 g/mol. The topological polar surface area (TPSA) is 97.3 Å². The van der Waals surface area contributed by atoms with Crippen molar-refractivity contribution in [2.75, 3.05) is 26.1 Å². The summed E-state index contributed by atoms with van der Waals surface area (Å²) in [6, 6.07) is 15.8. The molecular formula is C24H34NO6P. The van der Waals surface area contributed by atoms with E-state index < -0.39 is 18.8 Å². The van der Waals surface area contributed by atoms with Crippen molar-refractivity contribution < 1.29 is 28.8 Å². The van der Waals surface area contributed by atoms with Crippen LogP contribution in [0.5, 0.6) is 17.2 Å².